The number of rotatable bonds is 8. The lowest BCUT2D eigenvalue weighted by Gasteiger charge is -2.22. The van der Waals surface area contributed by atoms with Crippen LogP contribution in [0.3, 0.4) is 0 Å². The summed E-state index contributed by atoms with van der Waals surface area (Å²) in [5.74, 6) is -0.857. The van der Waals surface area contributed by atoms with E-state index in [1.807, 2.05) is 32.0 Å². The Morgan fingerprint density at radius 1 is 0.968 bits per heavy atom. The van der Waals surface area contributed by atoms with Crippen LogP contribution in [-0.4, -0.2) is 25.2 Å². The molecule has 0 aliphatic carbocycles. The number of nitrogens with zero attached hydrogens (tertiary/aromatic N) is 1. The zero-order valence-corrected chi connectivity index (χ0v) is 18.3. The summed E-state index contributed by atoms with van der Waals surface area (Å²) in [5.41, 5.74) is 3.13. The maximum Gasteiger partial charge on any atom is 0.243 e. The van der Waals surface area contributed by atoms with Crippen molar-refractivity contribution in [3.8, 4) is 0 Å². The quantitative estimate of drug-likeness (QED) is 0.560. The van der Waals surface area contributed by atoms with Crippen LogP contribution in [0.15, 0.2) is 77.7 Å². The number of para-hydroxylation sites is 1. The van der Waals surface area contributed by atoms with Crippen LogP contribution in [0.25, 0.3) is 0 Å². The molecular weight excluding hydrogens is 415 g/mol. The molecule has 0 saturated heterocycles. The Morgan fingerprint density at radius 3 is 2.26 bits per heavy atom. The van der Waals surface area contributed by atoms with Gasteiger partial charge in [0.1, 0.15) is 5.82 Å². The van der Waals surface area contributed by atoms with E-state index < -0.39 is 21.7 Å². The first kappa shape index (κ1) is 22.7. The second-order valence-electron chi connectivity index (χ2n) is 7.27. The standard InChI is InChI=1S/C24H25FN2O3S/c1-3-20-6-4-5-7-23(20)26-24(28)17-27(16-19-10-12-21(25)13-11-19)31(29,30)22-14-8-18(2)9-15-22/h4-15H,3,16-17H2,1-2H3,(H,26,28). The number of hydrogen-bond acceptors (Lipinski definition) is 3. The van der Waals surface area contributed by atoms with Gasteiger partial charge in [-0.05, 0) is 54.8 Å². The van der Waals surface area contributed by atoms with E-state index in [1.54, 1.807) is 18.2 Å². The van der Waals surface area contributed by atoms with Crippen LogP contribution in [0.2, 0.25) is 0 Å². The van der Waals surface area contributed by atoms with E-state index in [-0.39, 0.29) is 18.0 Å². The van der Waals surface area contributed by atoms with Gasteiger partial charge in [0.05, 0.1) is 11.4 Å². The highest BCUT2D eigenvalue weighted by Gasteiger charge is 2.27. The van der Waals surface area contributed by atoms with Crippen molar-refractivity contribution in [1.82, 2.24) is 4.31 Å². The van der Waals surface area contributed by atoms with Gasteiger partial charge in [-0.25, -0.2) is 12.8 Å². The Labute approximate surface area is 182 Å². The fourth-order valence-electron chi connectivity index (χ4n) is 3.18. The number of amides is 1. The highest BCUT2D eigenvalue weighted by Crippen LogP contribution is 2.20. The predicted octanol–water partition coefficient (Wildman–Crippen LogP) is 4.53. The summed E-state index contributed by atoms with van der Waals surface area (Å²) in [5, 5.41) is 2.81. The van der Waals surface area contributed by atoms with Gasteiger partial charge < -0.3 is 5.32 Å². The first-order valence-electron chi connectivity index (χ1n) is 9.98. The van der Waals surface area contributed by atoms with Crippen LogP contribution in [-0.2, 0) is 27.8 Å². The maximum absolute atomic E-state index is 13.3. The lowest BCUT2D eigenvalue weighted by molar-refractivity contribution is -0.116. The smallest absolute Gasteiger partial charge is 0.243 e. The topological polar surface area (TPSA) is 66.5 Å². The van der Waals surface area contributed by atoms with E-state index in [4.69, 9.17) is 0 Å². The average Bonchev–Trinajstić information content (AvgIpc) is 2.75. The molecular formula is C24H25FN2O3S. The molecule has 7 heteroatoms. The Kier molecular flexibility index (Phi) is 7.20. The molecule has 0 saturated carbocycles. The van der Waals surface area contributed by atoms with E-state index in [9.17, 15) is 17.6 Å². The molecule has 0 heterocycles. The number of carbonyl (C=O) groups is 1. The fraction of sp³-hybridized carbons (Fsp3) is 0.208. The molecule has 3 aromatic carbocycles. The molecule has 0 aromatic heterocycles. The molecule has 1 amide bonds. The number of halogens is 1. The first-order valence-corrected chi connectivity index (χ1v) is 11.4. The van der Waals surface area contributed by atoms with Gasteiger partial charge in [-0.3, -0.25) is 4.79 Å². The zero-order valence-electron chi connectivity index (χ0n) is 17.5. The van der Waals surface area contributed by atoms with Gasteiger partial charge in [0.2, 0.25) is 15.9 Å². The van der Waals surface area contributed by atoms with Gasteiger partial charge in [0.25, 0.3) is 0 Å². The molecule has 3 aromatic rings. The lowest BCUT2D eigenvalue weighted by Crippen LogP contribution is -2.37. The molecule has 0 fully saturated rings. The first-order chi connectivity index (χ1) is 14.8. The lowest BCUT2D eigenvalue weighted by atomic mass is 10.1. The van der Waals surface area contributed by atoms with Crippen LogP contribution in [0, 0.1) is 12.7 Å². The van der Waals surface area contributed by atoms with Crippen molar-refractivity contribution in [3.63, 3.8) is 0 Å². The number of carbonyl (C=O) groups excluding carboxylic acids is 1. The summed E-state index contributed by atoms with van der Waals surface area (Å²) in [6, 6.07) is 19.4. The van der Waals surface area contributed by atoms with Crippen molar-refractivity contribution in [2.24, 2.45) is 0 Å². The summed E-state index contributed by atoms with van der Waals surface area (Å²) in [7, 11) is -3.95. The number of benzene rings is 3. The van der Waals surface area contributed by atoms with Gasteiger partial charge in [0.15, 0.2) is 0 Å². The Bertz CT molecular complexity index is 1140. The minimum absolute atomic E-state index is 0.0562. The van der Waals surface area contributed by atoms with Crippen LogP contribution < -0.4 is 5.32 Å². The molecule has 162 valence electrons. The Morgan fingerprint density at radius 2 is 1.61 bits per heavy atom. The molecule has 1 N–H and O–H groups in total. The van der Waals surface area contributed by atoms with E-state index in [2.05, 4.69) is 5.32 Å². The van der Waals surface area contributed by atoms with Crippen molar-refractivity contribution >= 4 is 21.6 Å². The van der Waals surface area contributed by atoms with Crippen molar-refractivity contribution in [3.05, 3.63) is 95.3 Å². The molecule has 0 bridgehead atoms. The van der Waals surface area contributed by atoms with Crippen LogP contribution >= 0.6 is 0 Å². The normalized spacial score (nSPS) is 11.5. The van der Waals surface area contributed by atoms with Gasteiger partial charge >= 0.3 is 0 Å². The molecule has 0 aliphatic heterocycles. The van der Waals surface area contributed by atoms with E-state index in [0.717, 1.165) is 21.9 Å². The van der Waals surface area contributed by atoms with Crippen molar-refractivity contribution in [1.29, 1.82) is 0 Å². The second kappa shape index (κ2) is 9.85. The minimum atomic E-state index is -3.95. The van der Waals surface area contributed by atoms with E-state index in [0.29, 0.717) is 11.3 Å². The second-order valence-corrected chi connectivity index (χ2v) is 9.21. The molecule has 31 heavy (non-hydrogen) atoms. The number of anilines is 1. The minimum Gasteiger partial charge on any atom is -0.325 e. The third kappa shape index (κ3) is 5.77. The number of aryl methyl sites for hydroxylation is 2. The maximum atomic E-state index is 13.3. The largest absolute Gasteiger partial charge is 0.325 e. The number of sulfonamides is 1. The van der Waals surface area contributed by atoms with Gasteiger partial charge in [-0.15, -0.1) is 0 Å². The number of hydrogen-bond donors (Lipinski definition) is 1. The van der Waals surface area contributed by atoms with Crippen LogP contribution in [0.1, 0.15) is 23.6 Å². The van der Waals surface area contributed by atoms with Crippen molar-refractivity contribution in [2.45, 2.75) is 31.7 Å². The summed E-state index contributed by atoms with van der Waals surface area (Å²) in [6.45, 7) is 3.42. The fourth-order valence-corrected chi connectivity index (χ4v) is 4.56. The molecule has 0 aliphatic rings. The Balaban J connectivity index is 1.88. The zero-order chi connectivity index (χ0) is 22.4. The molecule has 0 spiro atoms. The number of nitrogens with one attached hydrogen (secondary N) is 1. The highest BCUT2D eigenvalue weighted by molar-refractivity contribution is 7.89. The van der Waals surface area contributed by atoms with Gasteiger partial charge in [-0.2, -0.15) is 4.31 Å². The van der Waals surface area contributed by atoms with E-state index >= 15 is 0 Å². The highest BCUT2D eigenvalue weighted by atomic mass is 32.2. The van der Waals surface area contributed by atoms with Gasteiger partial charge in [0, 0.05) is 12.2 Å². The predicted molar refractivity (Wildman–Crippen MR) is 120 cm³/mol. The SMILES string of the molecule is CCc1ccccc1NC(=O)CN(Cc1ccc(F)cc1)S(=O)(=O)c1ccc(C)cc1. The summed E-state index contributed by atoms with van der Waals surface area (Å²) in [6.07, 6.45) is 0.734. The van der Waals surface area contributed by atoms with Gasteiger partial charge in [-0.1, -0.05) is 55.0 Å². The van der Waals surface area contributed by atoms with Crippen molar-refractivity contribution < 1.29 is 17.6 Å². The summed E-state index contributed by atoms with van der Waals surface area (Å²) in [4.78, 5) is 12.9. The third-order valence-corrected chi connectivity index (χ3v) is 6.73. The van der Waals surface area contributed by atoms with Crippen LogP contribution in [0.4, 0.5) is 10.1 Å². The van der Waals surface area contributed by atoms with Crippen LogP contribution in [0.5, 0.6) is 0 Å². The third-order valence-electron chi connectivity index (χ3n) is 4.92. The molecule has 0 unspecified atom stereocenters. The summed E-state index contributed by atoms with van der Waals surface area (Å²) >= 11 is 0. The molecule has 3 rings (SSSR count). The molecule has 0 radical (unpaired) electrons. The monoisotopic (exact) mass is 440 g/mol. The average molecular weight is 441 g/mol. The molecule has 0 atom stereocenters. The molecule has 5 nitrogen and oxygen atoms in total. The summed E-state index contributed by atoms with van der Waals surface area (Å²) < 4.78 is 41.0. The van der Waals surface area contributed by atoms with Crippen molar-refractivity contribution in [2.75, 3.05) is 11.9 Å². The Hall–Kier alpha value is -3.03. The van der Waals surface area contributed by atoms with E-state index in [1.165, 1.54) is 36.4 Å².